The van der Waals surface area contributed by atoms with Crippen LogP contribution in [-0.2, 0) is 0 Å². The molecule has 0 saturated carbocycles. The van der Waals surface area contributed by atoms with Gasteiger partial charge in [0.2, 0.25) is 0 Å². The number of nitrogens with one attached hydrogen (secondary N) is 1. The molecule has 19 heavy (non-hydrogen) atoms. The third kappa shape index (κ3) is 9.41. The standard InChI is InChI=1S/C7H7N.C6H8N2.3CH4/c1-6-2-4-7(8)5-3-6;7-5-1-2-6(8)4-3-5;;;/h2-5,8H,1H2;1-4H,7-8H2;3*1H4. The summed E-state index contributed by atoms with van der Waals surface area (Å²) in [5.41, 5.74) is 13.7. The molecule has 0 amide bonds. The molecule has 3 heteroatoms. The van der Waals surface area contributed by atoms with Crippen LogP contribution >= 0.6 is 0 Å². The molecule has 0 radical (unpaired) electrons. The van der Waals surface area contributed by atoms with Crippen LogP contribution in [0.1, 0.15) is 22.3 Å². The summed E-state index contributed by atoms with van der Waals surface area (Å²) in [5, 5.41) is 7.06. The zero-order chi connectivity index (χ0) is 12.0. The molecule has 1 aromatic carbocycles. The summed E-state index contributed by atoms with van der Waals surface area (Å²) in [7, 11) is 0. The van der Waals surface area contributed by atoms with Crippen molar-refractivity contribution in [2.45, 2.75) is 22.3 Å². The van der Waals surface area contributed by atoms with E-state index in [0.29, 0.717) is 5.71 Å². The van der Waals surface area contributed by atoms with E-state index < -0.39 is 0 Å². The van der Waals surface area contributed by atoms with E-state index in [1.54, 1.807) is 36.4 Å². The van der Waals surface area contributed by atoms with E-state index in [1.165, 1.54) is 0 Å². The molecule has 1 aliphatic rings. The highest BCUT2D eigenvalue weighted by Crippen LogP contribution is 2.05. The molecule has 0 unspecified atom stereocenters. The topological polar surface area (TPSA) is 75.9 Å². The van der Waals surface area contributed by atoms with Gasteiger partial charge in [0.25, 0.3) is 0 Å². The van der Waals surface area contributed by atoms with Crippen molar-refractivity contribution in [1.82, 2.24) is 0 Å². The highest BCUT2D eigenvalue weighted by molar-refractivity contribution is 6.03. The number of nitrogen functional groups attached to an aromatic ring is 2. The average molecular weight is 261 g/mol. The van der Waals surface area contributed by atoms with Crippen LogP contribution in [0, 0.1) is 5.41 Å². The van der Waals surface area contributed by atoms with Gasteiger partial charge in [-0.25, -0.2) is 0 Å². The minimum Gasteiger partial charge on any atom is -0.399 e. The minimum atomic E-state index is 0. The van der Waals surface area contributed by atoms with E-state index in [-0.39, 0.29) is 22.3 Å². The van der Waals surface area contributed by atoms with Crippen molar-refractivity contribution in [3.8, 4) is 0 Å². The first-order valence-electron chi connectivity index (χ1n) is 4.82. The Morgan fingerprint density at radius 3 is 1.32 bits per heavy atom. The Balaban J connectivity index is -0.000000233. The van der Waals surface area contributed by atoms with E-state index in [2.05, 4.69) is 6.58 Å². The molecule has 0 heterocycles. The van der Waals surface area contributed by atoms with E-state index in [1.807, 2.05) is 12.2 Å². The first-order valence-corrected chi connectivity index (χ1v) is 4.82. The van der Waals surface area contributed by atoms with E-state index in [4.69, 9.17) is 16.9 Å². The van der Waals surface area contributed by atoms with Crippen LogP contribution in [-0.4, -0.2) is 5.71 Å². The van der Waals surface area contributed by atoms with E-state index >= 15 is 0 Å². The molecule has 0 spiro atoms. The Labute approximate surface area is 117 Å². The van der Waals surface area contributed by atoms with Gasteiger partial charge in [-0.2, -0.15) is 0 Å². The number of hydrogen-bond acceptors (Lipinski definition) is 3. The lowest BCUT2D eigenvalue weighted by molar-refractivity contribution is 1.52. The smallest absolute Gasteiger partial charge is 0.0540 e. The molecule has 0 saturated heterocycles. The quantitative estimate of drug-likeness (QED) is 0.603. The lowest BCUT2D eigenvalue weighted by Gasteiger charge is -1.95. The summed E-state index contributed by atoms with van der Waals surface area (Å²) in [6.07, 6.45) is 7.09. The Morgan fingerprint density at radius 1 is 0.737 bits per heavy atom. The molecule has 0 aromatic heterocycles. The second-order valence-electron chi connectivity index (χ2n) is 3.36. The third-order valence-electron chi connectivity index (χ3n) is 1.89. The number of hydrogen-bond donors (Lipinski definition) is 3. The molecule has 0 atom stereocenters. The Hall–Kier alpha value is -2.29. The van der Waals surface area contributed by atoms with Crippen LogP contribution < -0.4 is 11.5 Å². The summed E-state index contributed by atoms with van der Waals surface area (Å²) in [5.74, 6) is 0. The molecule has 106 valence electrons. The summed E-state index contributed by atoms with van der Waals surface area (Å²) < 4.78 is 0. The van der Waals surface area contributed by atoms with Crippen LogP contribution in [0.15, 0.2) is 60.7 Å². The number of allylic oxidation sites excluding steroid dienone is 5. The van der Waals surface area contributed by atoms with Crippen LogP contribution in [0.5, 0.6) is 0 Å². The van der Waals surface area contributed by atoms with Crippen molar-refractivity contribution >= 4 is 17.1 Å². The summed E-state index contributed by atoms with van der Waals surface area (Å²) in [6, 6.07) is 7.09. The lowest BCUT2D eigenvalue weighted by Crippen LogP contribution is -1.88. The van der Waals surface area contributed by atoms with Crippen molar-refractivity contribution in [2.75, 3.05) is 11.5 Å². The average Bonchev–Trinajstić information content (AvgIpc) is 2.28. The van der Waals surface area contributed by atoms with Gasteiger partial charge in [-0.15, -0.1) is 0 Å². The van der Waals surface area contributed by atoms with Gasteiger partial charge < -0.3 is 16.9 Å². The number of rotatable bonds is 0. The fourth-order valence-corrected chi connectivity index (χ4v) is 1.00. The second-order valence-corrected chi connectivity index (χ2v) is 3.36. The second kappa shape index (κ2) is 10.8. The van der Waals surface area contributed by atoms with Crippen molar-refractivity contribution in [1.29, 1.82) is 5.41 Å². The number of nitrogens with two attached hydrogens (primary N) is 2. The minimum absolute atomic E-state index is 0. The van der Waals surface area contributed by atoms with Crippen LogP contribution in [0.4, 0.5) is 11.4 Å². The SMILES string of the molecule is C.C.C.C=C1C=CC(=N)C=C1.Nc1ccc(N)cc1. The summed E-state index contributed by atoms with van der Waals surface area (Å²) in [6.45, 7) is 3.68. The van der Waals surface area contributed by atoms with Crippen molar-refractivity contribution < 1.29 is 0 Å². The molecular formula is C16H27N3. The summed E-state index contributed by atoms with van der Waals surface area (Å²) in [4.78, 5) is 0. The highest BCUT2D eigenvalue weighted by Gasteiger charge is 1.89. The number of anilines is 2. The van der Waals surface area contributed by atoms with Crippen molar-refractivity contribution in [3.05, 3.63) is 60.7 Å². The molecule has 3 nitrogen and oxygen atoms in total. The Morgan fingerprint density at radius 2 is 1.05 bits per heavy atom. The monoisotopic (exact) mass is 261 g/mol. The maximum Gasteiger partial charge on any atom is 0.0540 e. The van der Waals surface area contributed by atoms with Gasteiger partial charge in [0.1, 0.15) is 0 Å². The predicted molar refractivity (Wildman–Crippen MR) is 90.6 cm³/mol. The highest BCUT2D eigenvalue weighted by atomic mass is 14.6. The van der Waals surface area contributed by atoms with Gasteiger partial charge >= 0.3 is 0 Å². The normalized spacial score (nSPS) is 11.2. The zero-order valence-corrected chi connectivity index (χ0v) is 8.98. The third-order valence-corrected chi connectivity index (χ3v) is 1.89. The lowest BCUT2D eigenvalue weighted by atomic mass is 10.1. The molecule has 5 N–H and O–H groups in total. The maximum atomic E-state index is 7.06. The van der Waals surface area contributed by atoms with Gasteiger partial charge in [-0.1, -0.05) is 41.0 Å². The van der Waals surface area contributed by atoms with Crippen molar-refractivity contribution in [2.24, 2.45) is 0 Å². The first kappa shape index (κ1) is 21.9. The maximum absolute atomic E-state index is 7.06. The largest absolute Gasteiger partial charge is 0.399 e. The molecular weight excluding hydrogens is 234 g/mol. The van der Waals surface area contributed by atoms with Gasteiger partial charge in [0.15, 0.2) is 0 Å². The summed E-state index contributed by atoms with van der Waals surface area (Å²) >= 11 is 0. The molecule has 1 aliphatic carbocycles. The van der Waals surface area contributed by atoms with E-state index in [0.717, 1.165) is 16.9 Å². The zero-order valence-electron chi connectivity index (χ0n) is 8.98. The predicted octanol–water partition coefficient (Wildman–Crippen LogP) is 4.45. The first-order chi connectivity index (χ1) is 7.58. The van der Waals surface area contributed by atoms with Crippen LogP contribution in [0.25, 0.3) is 0 Å². The van der Waals surface area contributed by atoms with E-state index in [9.17, 15) is 0 Å². The fourth-order valence-electron chi connectivity index (χ4n) is 1.00. The van der Waals surface area contributed by atoms with Crippen LogP contribution in [0.2, 0.25) is 0 Å². The van der Waals surface area contributed by atoms with Gasteiger partial charge in [0, 0.05) is 11.4 Å². The molecule has 0 fully saturated rings. The van der Waals surface area contributed by atoms with Crippen LogP contribution in [0.3, 0.4) is 0 Å². The van der Waals surface area contributed by atoms with Gasteiger partial charge in [-0.05, 0) is 42.0 Å². The fraction of sp³-hybridized carbons (Fsp3) is 0.188. The Bertz CT molecular complexity index is 381. The molecule has 1 aromatic rings. The number of benzene rings is 1. The molecule has 0 aliphatic heterocycles. The molecule has 2 rings (SSSR count). The Kier molecular flexibility index (Phi) is 12.5. The van der Waals surface area contributed by atoms with Gasteiger partial charge in [-0.3, -0.25) is 0 Å². The molecule has 0 bridgehead atoms. The van der Waals surface area contributed by atoms with Crippen molar-refractivity contribution in [3.63, 3.8) is 0 Å². The van der Waals surface area contributed by atoms with Gasteiger partial charge in [0.05, 0.1) is 5.71 Å².